The molecule has 1 fully saturated rings. The summed E-state index contributed by atoms with van der Waals surface area (Å²) in [6.45, 7) is 0.925. The van der Waals surface area contributed by atoms with Crippen molar-refractivity contribution >= 4 is 27.5 Å². The van der Waals surface area contributed by atoms with Crippen LogP contribution in [0.4, 0.5) is 13.2 Å². The van der Waals surface area contributed by atoms with Crippen molar-refractivity contribution in [1.82, 2.24) is 9.99 Å². The zero-order chi connectivity index (χ0) is 17.3. The summed E-state index contributed by atoms with van der Waals surface area (Å²) < 4.78 is 48.2. The first-order valence-electron chi connectivity index (χ1n) is 7.10. The van der Waals surface area contributed by atoms with Crippen molar-refractivity contribution in [2.24, 2.45) is 18.1 Å². The second-order valence-corrected chi connectivity index (χ2v) is 6.28. The van der Waals surface area contributed by atoms with Crippen molar-refractivity contribution in [2.45, 2.75) is 12.8 Å². The average molecular weight is 361 g/mol. The standard InChI is InChI=1S/C14H14F3N3O3S/c1-20-10-3-2-9(23-14(15,16)17)6-11(10)24-13(20)19-18-12(21)8-4-5-22-7-8/h2-3,6,8H,4-5,7H2,1H3,(H,18,21)/b19-13+. The van der Waals surface area contributed by atoms with Crippen LogP contribution in [0.1, 0.15) is 6.42 Å². The molecule has 0 aliphatic carbocycles. The van der Waals surface area contributed by atoms with Gasteiger partial charge in [0.15, 0.2) is 0 Å². The summed E-state index contributed by atoms with van der Waals surface area (Å²) in [6, 6.07) is 4.04. The molecule has 0 radical (unpaired) electrons. The molecule has 10 heteroatoms. The van der Waals surface area contributed by atoms with Gasteiger partial charge in [0.2, 0.25) is 10.7 Å². The Balaban J connectivity index is 1.84. The third-order valence-electron chi connectivity index (χ3n) is 3.58. The molecule has 2 aromatic rings. The first-order valence-corrected chi connectivity index (χ1v) is 7.92. The molecule has 1 aromatic carbocycles. The van der Waals surface area contributed by atoms with E-state index in [4.69, 9.17) is 4.74 Å². The molecule has 1 saturated heterocycles. The highest BCUT2D eigenvalue weighted by Gasteiger charge is 2.31. The lowest BCUT2D eigenvalue weighted by atomic mass is 10.1. The van der Waals surface area contributed by atoms with Gasteiger partial charge < -0.3 is 14.0 Å². The molecule has 0 bridgehead atoms. The van der Waals surface area contributed by atoms with E-state index in [2.05, 4.69) is 15.3 Å². The maximum absolute atomic E-state index is 12.3. The number of hydrogen-bond acceptors (Lipinski definition) is 5. The van der Waals surface area contributed by atoms with Gasteiger partial charge in [-0.15, -0.1) is 18.3 Å². The number of ether oxygens (including phenoxy) is 2. The fourth-order valence-corrected chi connectivity index (χ4v) is 3.36. The van der Waals surface area contributed by atoms with Crippen molar-refractivity contribution in [1.29, 1.82) is 0 Å². The van der Waals surface area contributed by atoms with Gasteiger partial charge in [0.25, 0.3) is 0 Å². The predicted octanol–water partition coefficient (Wildman–Crippen LogP) is 2.11. The number of thiazole rings is 1. The Bertz CT molecular complexity index is 822. The lowest BCUT2D eigenvalue weighted by Crippen LogP contribution is -2.29. The number of benzene rings is 1. The molecule has 6 nitrogen and oxygen atoms in total. The van der Waals surface area contributed by atoms with Gasteiger partial charge in [-0.2, -0.15) is 0 Å². The number of hydrogen-bond donors (Lipinski definition) is 1. The first-order chi connectivity index (χ1) is 11.3. The van der Waals surface area contributed by atoms with E-state index >= 15 is 0 Å². The minimum atomic E-state index is -4.74. The van der Waals surface area contributed by atoms with Gasteiger partial charge in [-0.1, -0.05) is 11.3 Å². The monoisotopic (exact) mass is 361 g/mol. The van der Waals surface area contributed by atoms with E-state index in [1.165, 1.54) is 18.2 Å². The molecule has 1 amide bonds. The molecular formula is C14H14F3N3O3S. The topological polar surface area (TPSA) is 64.9 Å². The molecule has 130 valence electrons. The van der Waals surface area contributed by atoms with Crippen LogP contribution in [0, 0.1) is 5.92 Å². The van der Waals surface area contributed by atoms with Gasteiger partial charge in [-0.05, 0) is 24.6 Å². The molecule has 24 heavy (non-hydrogen) atoms. The lowest BCUT2D eigenvalue weighted by molar-refractivity contribution is -0.274. The van der Waals surface area contributed by atoms with Crippen LogP contribution < -0.4 is 15.0 Å². The highest BCUT2D eigenvalue weighted by molar-refractivity contribution is 7.16. The number of aromatic nitrogens is 1. The van der Waals surface area contributed by atoms with E-state index in [0.717, 1.165) is 11.3 Å². The summed E-state index contributed by atoms with van der Waals surface area (Å²) in [7, 11) is 1.72. The third kappa shape index (κ3) is 3.70. The lowest BCUT2D eigenvalue weighted by Gasteiger charge is -2.08. The SMILES string of the molecule is Cn1/c(=N\NC(=O)C2CCOC2)sc2cc(OC(F)(F)F)ccc21. The summed E-state index contributed by atoms with van der Waals surface area (Å²) in [5.74, 6) is -0.748. The van der Waals surface area contributed by atoms with E-state index < -0.39 is 6.36 Å². The number of halogens is 3. The molecule has 1 atom stereocenters. The average Bonchev–Trinajstić information content (AvgIpc) is 3.12. The van der Waals surface area contributed by atoms with Crippen molar-refractivity contribution in [3.63, 3.8) is 0 Å². The van der Waals surface area contributed by atoms with E-state index in [1.54, 1.807) is 11.6 Å². The third-order valence-corrected chi connectivity index (χ3v) is 4.67. The fraction of sp³-hybridized carbons (Fsp3) is 0.429. The Morgan fingerprint density at radius 1 is 1.50 bits per heavy atom. The Labute approximate surface area is 138 Å². The normalized spacial score (nSPS) is 19.0. The first kappa shape index (κ1) is 16.8. The molecule has 0 spiro atoms. The molecule has 1 aliphatic heterocycles. The Morgan fingerprint density at radius 3 is 2.96 bits per heavy atom. The van der Waals surface area contributed by atoms with Crippen LogP contribution in [0.25, 0.3) is 10.2 Å². The fourth-order valence-electron chi connectivity index (χ4n) is 2.35. The summed E-state index contributed by atoms with van der Waals surface area (Å²) in [5, 5.41) is 4.06. The Morgan fingerprint density at radius 2 is 2.29 bits per heavy atom. The number of carbonyl (C=O) groups is 1. The van der Waals surface area contributed by atoms with Gasteiger partial charge in [0, 0.05) is 13.7 Å². The summed E-state index contributed by atoms with van der Waals surface area (Å²) >= 11 is 1.15. The van der Waals surface area contributed by atoms with Crippen LogP contribution in [0.3, 0.4) is 0 Å². The van der Waals surface area contributed by atoms with Crippen LogP contribution >= 0.6 is 11.3 Å². The number of rotatable bonds is 3. The molecule has 0 saturated carbocycles. The Hall–Kier alpha value is -2.07. The molecular weight excluding hydrogens is 347 g/mol. The van der Waals surface area contributed by atoms with Gasteiger partial charge in [-0.25, -0.2) is 5.43 Å². The van der Waals surface area contributed by atoms with E-state index in [0.29, 0.717) is 34.7 Å². The van der Waals surface area contributed by atoms with Gasteiger partial charge in [-0.3, -0.25) is 4.79 Å². The number of nitrogens with zero attached hydrogens (tertiary/aromatic N) is 2. The second-order valence-electron chi connectivity index (χ2n) is 5.27. The number of carbonyl (C=O) groups excluding carboxylic acids is 1. The maximum atomic E-state index is 12.3. The van der Waals surface area contributed by atoms with Gasteiger partial charge in [0.1, 0.15) is 5.75 Å². The zero-order valence-electron chi connectivity index (χ0n) is 12.6. The summed E-state index contributed by atoms with van der Waals surface area (Å²) in [5.41, 5.74) is 3.17. The zero-order valence-corrected chi connectivity index (χ0v) is 13.4. The maximum Gasteiger partial charge on any atom is 0.573 e. The van der Waals surface area contributed by atoms with E-state index in [1.807, 2.05) is 0 Å². The van der Waals surface area contributed by atoms with Crippen LogP contribution in [-0.2, 0) is 16.6 Å². The predicted molar refractivity (Wildman–Crippen MR) is 80.1 cm³/mol. The number of amides is 1. The molecule has 1 aromatic heterocycles. The summed E-state index contributed by atoms with van der Waals surface area (Å²) in [4.78, 5) is 12.4. The highest BCUT2D eigenvalue weighted by Crippen LogP contribution is 2.27. The quantitative estimate of drug-likeness (QED) is 0.852. The molecule has 1 N–H and O–H groups in total. The van der Waals surface area contributed by atoms with Crippen molar-refractivity contribution in [3.8, 4) is 5.75 Å². The minimum Gasteiger partial charge on any atom is -0.406 e. The highest BCUT2D eigenvalue weighted by atomic mass is 32.1. The van der Waals surface area contributed by atoms with Crippen LogP contribution in [0.15, 0.2) is 23.3 Å². The van der Waals surface area contributed by atoms with Gasteiger partial charge in [0.05, 0.1) is 22.7 Å². The summed E-state index contributed by atoms with van der Waals surface area (Å²) in [6.07, 6.45) is -4.09. The van der Waals surface area contributed by atoms with Crippen molar-refractivity contribution in [2.75, 3.05) is 13.2 Å². The number of aryl methyl sites for hydroxylation is 1. The van der Waals surface area contributed by atoms with Crippen LogP contribution in [-0.4, -0.2) is 30.1 Å². The molecule has 1 aliphatic rings. The van der Waals surface area contributed by atoms with E-state index in [9.17, 15) is 18.0 Å². The number of nitrogens with one attached hydrogen (secondary N) is 1. The molecule has 1 unspecified atom stereocenters. The minimum absolute atomic E-state index is 0.222. The van der Waals surface area contributed by atoms with Crippen LogP contribution in [0.2, 0.25) is 0 Å². The van der Waals surface area contributed by atoms with Crippen LogP contribution in [0.5, 0.6) is 5.75 Å². The van der Waals surface area contributed by atoms with Gasteiger partial charge >= 0.3 is 6.36 Å². The number of alkyl halides is 3. The Kier molecular flexibility index (Phi) is 4.50. The van der Waals surface area contributed by atoms with Crippen molar-refractivity contribution < 1.29 is 27.4 Å². The largest absolute Gasteiger partial charge is 0.573 e. The number of fused-ring (bicyclic) bond motifs is 1. The second kappa shape index (κ2) is 6.44. The van der Waals surface area contributed by atoms with E-state index in [-0.39, 0.29) is 17.6 Å². The molecule has 3 rings (SSSR count). The van der Waals surface area contributed by atoms with Crippen molar-refractivity contribution in [3.05, 3.63) is 23.0 Å². The smallest absolute Gasteiger partial charge is 0.406 e. The molecule has 2 heterocycles.